The first-order valence-corrected chi connectivity index (χ1v) is 8.29. The summed E-state index contributed by atoms with van der Waals surface area (Å²) >= 11 is 0. The third kappa shape index (κ3) is 5.76. The summed E-state index contributed by atoms with van der Waals surface area (Å²) in [6, 6.07) is 6.18. The van der Waals surface area contributed by atoms with Crippen LogP contribution in [-0.2, 0) is 19.1 Å². The second kappa shape index (κ2) is 9.40. The van der Waals surface area contributed by atoms with E-state index in [2.05, 4.69) is 10.6 Å². The molecule has 0 fully saturated rings. The smallest absolute Gasteiger partial charge is 0.321 e. The van der Waals surface area contributed by atoms with Gasteiger partial charge < -0.3 is 20.1 Å². The Labute approximate surface area is 150 Å². The maximum atomic E-state index is 11.9. The molecule has 0 radical (unpaired) electrons. The van der Waals surface area contributed by atoms with Crippen LogP contribution in [0.4, 0.5) is 10.5 Å². The summed E-state index contributed by atoms with van der Waals surface area (Å²) in [6.07, 6.45) is 0.310. The van der Waals surface area contributed by atoms with E-state index in [0.717, 1.165) is 12.8 Å². The lowest BCUT2D eigenvalue weighted by Crippen LogP contribution is -2.42. The molecule has 1 aliphatic rings. The van der Waals surface area contributed by atoms with Crippen molar-refractivity contribution in [2.75, 3.05) is 18.5 Å². The molecule has 0 aromatic heterocycles. The van der Waals surface area contributed by atoms with Gasteiger partial charge in [0, 0.05) is 6.54 Å². The molecule has 0 unspecified atom stereocenters. The quantitative estimate of drug-likeness (QED) is 0.489. The molecule has 0 aliphatic carbocycles. The number of hydrogen-bond acceptors (Lipinski definition) is 6. The van der Waals surface area contributed by atoms with Gasteiger partial charge in [0.25, 0.3) is 11.8 Å². The van der Waals surface area contributed by atoms with E-state index >= 15 is 0 Å². The number of esters is 1. The first kappa shape index (κ1) is 19.2. The van der Waals surface area contributed by atoms with Gasteiger partial charge in [-0.3, -0.25) is 19.7 Å². The summed E-state index contributed by atoms with van der Waals surface area (Å²) in [7, 11) is 0. The van der Waals surface area contributed by atoms with Crippen molar-refractivity contribution in [1.82, 2.24) is 10.6 Å². The van der Waals surface area contributed by atoms with E-state index in [0.29, 0.717) is 18.0 Å². The Hall–Kier alpha value is -3.10. The van der Waals surface area contributed by atoms with Gasteiger partial charge in [-0.05, 0) is 18.6 Å². The van der Waals surface area contributed by atoms with Gasteiger partial charge in [0.05, 0.1) is 12.1 Å². The van der Waals surface area contributed by atoms with Gasteiger partial charge in [0.2, 0.25) is 0 Å². The third-order valence-corrected chi connectivity index (χ3v) is 3.49. The fourth-order valence-corrected chi connectivity index (χ4v) is 2.17. The van der Waals surface area contributed by atoms with E-state index in [1.54, 1.807) is 24.3 Å². The predicted molar refractivity (Wildman–Crippen MR) is 91.5 cm³/mol. The van der Waals surface area contributed by atoms with Crippen molar-refractivity contribution in [3.8, 4) is 5.75 Å². The number of benzene rings is 1. The van der Waals surface area contributed by atoms with Gasteiger partial charge in [0.1, 0.15) is 5.75 Å². The highest BCUT2D eigenvalue weighted by molar-refractivity contribution is 6.00. The number of imide groups is 1. The molecule has 4 amide bonds. The number of carbonyl (C=O) groups is 4. The molecule has 0 bridgehead atoms. The van der Waals surface area contributed by atoms with Crippen LogP contribution in [0.5, 0.6) is 5.75 Å². The number of rotatable bonds is 7. The minimum absolute atomic E-state index is 0.351. The minimum atomic E-state index is -1.04. The zero-order valence-electron chi connectivity index (χ0n) is 14.4. The Bertz CT molecular complexity index is 691. The lowest BCUT2D eigenvalue weighted by atomic mass is 10.1. The zero-order valence-corrected chi connectivity index (χ0v) is 14.4. The first-order chi connectivity index (χ1) is 12.5. The molecule has 1 aromatic carbocycles. The Morgan fingerprint density at radius 1 is 1.27 bits per heavy atom. The Balaban J connectivity index is 1.72. The zero-order chi connectivity index (χ0) is 18.9. The SMILES string of the molecule is CCCCNC(=O)NC(=O)COC(=O)C[C@H]1Oc2ccccc2NC1=O. The maximum Gasteiger partial charge on any atom is 0.321 e. The summed E-state index contributed by atoms with van der Waals surface area (Å²) in [5.74, 6) is -1.57. The summed E-state index contributed by atoms with van der Waals surface area (Å²) in [5.41, 5.74) is 0.524. The molecule has 0 spiro atoms. The van der Waals surface area contributed by atoms with Crippen LogP contribution in [-0.4, -0.2) is 43.1 Å². The van der Waals surface area contributed by atoms with Gasteiger partial charge in [-0.15, -0.1) is 0 Å². The average Bonchev–Trinajstić information content (AvgIpc) is 2.61. The second-order valence-electron chi connectivity index (χ2n) is 5.61. The molecule has 140 valence electrons. The molecule has 1 aromatic rings. The standard InChI is InChI=1S/C17H21N3O6/c1-2-3-8-18-17(24)20-14(21)10-25-15(22)9-13-16(23)19-11-6-4-5-7-12(11)26-13/h4-7,13H,2-3,8-10H2,1H3,(H,19,23)(H2,18,20,21,24)/t13-/m1/s1. The summed E-state index contributed by atoms with van der Waals surface area (Å²) < 4.78 is 10.2. The Kier molecular flexibility index (Phi) is 6.95. The van der Waals surface area contributed by atoms with Crippen molar-refractivity contribution in [2.45, 2.75) is 32.3 Å². The van der Waals surface area contributed by atoms with Gasteiger partial charge in [0.15, 0.2) is 12.7 Å². The number of amides is 4. The highest BCUT2D eigenvalue weighted by Crippen LogP contribution is 2.29. The van der Waals surface area contributed by atoms with Gasteiger partial charge in [-0.25, -0.2) is 4.79 Å². The van der Waals surface area contributed by atoms with E-state index in [-0.39, 0.29) is 6.42 Å². The number of nitrogens with one attached hydrogen (secondary N) is 3. The fourth-order valence-electron chi connectivity index (χ4n) is 2.17. The molecule has 1 aliphatic heterocycles. The van der Waals surface area contributed by atoms with Gasteiger partial charge in [-0.2, -0.15) is 0 Å². The van der Waals surface area contributed by atoms with Gasteiger partial charge in [-0.1, -0.05) is 25.5 Å². The molecule has 9 nitrogen and oxygen atoms in total. The third-order valence-electron chi connectivity index (χ3n) is 3.49. The summed E-state index contributed by atoms with van der Waals surface area (Å²) in [6.45, 7) is 1.80. The van der Waals surface area contributed by atoms with Crippen LogP contribution >= 0.6 is 0 Å². The monoisotopic (exact) mass is 363 g/mol. The molecular formula is C17H21N3O6. The molecule has 1 atom stereocenters. The number of urea groups is 1. The fraction of sp³-hybridized carbons (Fsp3) is 0.412. The van der Waals surface area contributed by atoms with Crippen molar-refractivity contribution < 1.29 is 28.7 Å². The molecule has 3 N–H and O–H groups in total. The summed E-state index contributed by atoms with van der Waals surface area (Å²) in [5, 5.41) is 7.17. The summed E-state index contributed by atoms with van der Waals surface area (Å²) in [4.78, 5) is 46.7. The van der Waals surface area contributed by atoms with Gasteiger partial charge >= 0.3 is 12.0 Å². The average molecular weight is 363 g/mol. The van der Waals surface area contributed by atoms with Crippen LogP contribution in [0.3, 0.4) is 0 Å². The lowest BCUT2D eigenvalue weighted by Gasteiger charge is -2.25. The molecule has 9 heteroatoms. The molecule has 0 saturated heterocycles. The normalized spacial score (nSPS) is 15.1. The highest BCUT2D eigenvalue weighted by Gasteiger charge is 2.30. The van der Waals surface area contributed by atoms with E-state index in [4.69, 9.17) is 9.47 Å². The molecule has 2 rings (SSSR count). The highest BCUT2D eigenvalue weighted by atomic mass is 16.5. The van der Waals surface area contributed by atoms with E-state index in [1.165, 1.54) is 0 Å². The minimum Gasteiger partial charge on any atom is -0.478 e. The number of hydrogen-bond donors (Lipinski definition) is 3. The first-order valence-electron chi connectivity index (χ1n) is 8.29. The van der Waals surface area contributed by atoms with Crippen LogP contribution < -0.4 is 20.7 Å². The number of ether oxygens (including phenoxy) is 2. The number of anilines is 1. The molecular weight excluding hydrogens is 342 g/mol. The van der Waals surface area contributed by atoms with Crippen molar-refractivity contribution >= 4 is 29.5 Å². The van der Waals surface area contributed by atoms with Crippen LogP contribution in [0.2, 0.25) is 0 Å². The number of para-hydroxylation sites is 2. The predicted octanol–water partition coefficient (Wildman–Crippen LogP) is 0.945. The van der Waals surface area contributed by atoms with Crippen molar-refractivity contribution in [2.24, 2.45) is 0 Å². The molecule has 26 heavy (non-hydrogen) atoms. The molecule has 1 heterocycles. The Morgan fingerprint density at radius 2 is 2.04 bits per heavy atom. The largest absolute Gasteiger partial charge is 0.478 e. The van der Waals surface area contributed by atoms with Crippen LogP contribution in [0.15, 0.2) is 24.3 Å². The van der Waals surface area contributed by atoms with Crippen molar-refractivity contribution in [3.05, 3.63) is 24.3 Å². The Morgan fingerprint density at radius 3 is 2.81 bits per heavy atom. The lowest BCUT2D eigenvalue weighted by molar-refractivity contribution is -0.151. The van der Waals surface area contributed by atoms with E-state index in [1.807, 2.05) is 12.2 Å². The van der Waals surface area contributed by atoms with E-state index in [9.17, 15) is 19.2 Å². The topological polar surface area (TPSA) is 123 Å². The van der Waals surface area contributed by atoms with E-state index < -0.39 is 36.5 Å². The maximum absolute atomic E-state index is 11.9. The number of fused-ring (bicyclic) bond motifs is 1. The van der Waals surface area contributed by atoms with Crippen molar-refractivity contribution in [1.29, 1.82) is 0 Å². The van der Waals surface area contributed by atoms with Crippen LogP contribution in [0.1, 0.15) is 26.2 Å². The number of unbranched alkanes of at least 4 members (excludes halogenated alkanes) is 1. The van der Waals surface area contributed by atoms with Crippen molar-refractivity contribution in [3.63, 3.8) is 0 Å². The van der Waals surface area contributed by atoms with Crippen LogP contribution in [0.25, 0.3) is 0 Å². The molecule has 0 saturated carbocycles. The number of carbonyl (C=O) groups excluding carboxylic acids is 4. The van der Waals surface area contributed by atoms with Crippen LogP contribution in [0, 0.1) is 0 Å². The second-order valence-corrected chi connectivity index (χ2v) is 5.61.